The molecular formula is C18H29NO. The van der Waals surface area contributed by atoms with Gasteiger partial charge in [-0.2, -0.15) is 0 Å². The Balaban J connectivity index is 1.87. The van der Waals surface area contributed by atoms with E-state index < -0.39 is 0 Å². The summed E-state index contributed by atoms with van der Waals surface area (Å²) >= 11 is 0. The van der Waals surface area contributed by atoms with Crippen molar-refractivity contribution in [1.29, 1.82) is 0 Å². The highest BCUT2D eigenvalue weighted by atomic mass is 16.5. The summed E-state index contributed by atoms with van der Waals surface area (Å²) in [5, 5.41) is 3.75. The quantitative estimate of drug-likeness (QED) is 0.842. The third-order valence-corrected chi connectivity index (χ3v) is 4.76. The lowest BCUT2D eigenvalue weighted by Gasteiger charge is -2.32. The summed E-state index contributed by atoms with van der Waals surface area (Å²) in [6.45, 7) is 9.30. The lowest BCUT2D eigenvalue weighted by atomic mass is 9.79. The van der Waals surface area contributed by atoms with Crippen LogP contribution in [0.2, 0.25) is 0 Å². The van der Waals surface area contributed by atoms with Crippen molar-refractivity contribution in [3.05, 3.63) is 35.4 Å². The third-order valence-electron chi connectivity index (χ3n) is 4.76. The van der Waals surface area contributed by atoms with Crippen LogP contribution in [0, 0.1) is 11.8 Å². The third kappa shape index (κ3) is 4.32. The molecule has 112 valence electrons. The van der Waals surface area contributed by atoms with Gasteiger partial charge in [-0.05, 0) is 49.1 Å². The molecule has 3 atom stereocenters. The van der Waals surface area contributed by atoms with Crippen LogP contribution in [0.1, 0.15) is 51.2 Å². The van der Waals surface area contributed by atoms with Gasteiger partial charge in [0.2, 0.25) is 0 Å². The van der Waals surface area contributed by atoms with Crippen molar-refractivity contribution in [2.24, 2.45) is 11.8 Å². The van der Waals surface area contributed by atoms with Gasteiger partial charge in [0.15, 0.2) is 0 Å². The minimum atomic E-state index is 0.682. The molecule has 0 spiro atoms. The fourth-order valence-corrected chi connectivity index (χ4v) is 3.07. The molecule has 1 fully saturated rings. The zero-order valence-electron chi connectivity index (χ0n) is 13.2. The van der Waals surface area contributed by atoms with Crippen LogP contribution in [0.15, 0.2) is 24.3 Å². The molecule has 1 aromatic carbocycles. The number of hydrogen-bond acceptors (Lipinski definition) is 2. The van der Waals surface area contributed by atoms with Gasteiger partial charge >= 0.3 is 0 Å². The molecule has 0 bridgehead atoms. The van der Waals surface area contributed by atoms with Crippen LogP contribution in [0.5, 0.6) is 0 Å². The van der Waals surface area contributed by atoms with Crippen LogP contribution in [0.4, 0.5) is 0 Å². The minimum absolute atomic E-state index is 0.682. The summed E-state index contributed by atoms with van der Waals surface area (Å²) < 4.78 is 5.56. The molecule has 0 aromatic heterocycles. The van der Waals surface area contributed by atoms with Crippen molar-refractivity contribution in [2.75, 3.05) is 6.61 Å². The van der Waals surface area contributed by atoms with Gasteiger partial charge in [-0.25, -0.2) is 0 Å². The first-order valence-corrected chi connectivity index (χ1v) is 8.08. The second-order valence-electron chi connectivity index (χ2n) is 6.25. The zero-order valence-corrected chi connectivity index (χ0v) is 13.2. The molecule has 0 radical (unpaired) electrons. The first kappa shape index (κ1) is 15.5. The Morgan fingerprint density at radius 3 is 2.55 bits per heavy atom. The fourth-order valence-electron chi connectivity index (χ4n) is 3.07. The lowest BCUT2D eigenvalue weighted by molar-refractivity contribution is 0.133. The molecule has 3 unspecified atom stereocenters. The highest BCUT2D eigenvalue weighted by Crippen LogP contribution is 2.29. The summed E-state index contributed by atoms with van der Waals surface area (Å²) in [5.41, 5.74) is 2.70. The van der Waals surface area contributed by atoms with E-state index in [1.165, 1.54) is 30.4 Å². The van der Waals surface area contributed by atoms with Gasteiger partial charge < -0.3 is 10.1 Å². The summed E-state index contributed by atoms with van der Waals surface area (Å²) in [6, 6.07) is 9.30. The molecule has 1 saturated carbocycles. The molecule has 2 nitrogen and oxygen atoms in total. The van der Waals surface area contributed by atoms with Gasteiger partial charge in [-0.1, -0.05) is 38.1 Å². The molecule has 0 heterocycles. The molecule has 2 heteroatoms. The van der Waals surface area contributed by atoms with Crippen molar-refractivity contribution >= 4 is 0 Å². The fraction of sp³-hybridized carbons (Fsp3) is 0.667. The minimum Gasteiger partial charge on any atom is -0.377 e. The number of rotatable bonds is 6. The van der Waals surface area contributed by atoms with Crippen LogP contribution in [-0.2, 0) is 17.9 Å². The lowest BCUT2D eigenvalue weighted by Crippen LogP contribution is -2.36. The molecule has 0 amide bonds. The largest absolute Gasteiger partial charge is 0.377 e. The first-order chi connectivity index (χ1) is 9.70. The molecule has 1 aliphatic carbocycles. The molecule has 0 aliphatic heterocycles. The Morgan fingerprint density at radius 2 is 1.85 bits per heavy atom. The van der Waals surface area contributed by atoms with E-state index >= 15 is 0 Å². The van der Waals surface area contributed by atoms with E-state index in [9.17, 15) is 0 Å². The van der Waals surface area contributed by atoms with Crippen molar-refractivity contribution < 1.29 is 4.74 Å². The van der Waals surface area contributed by atoms with Crippen molar-refractivity contribution in [2.45, 2.75) is 59.2 Å². The molecule has 0 saturated heterocycles. The van der Waals surface area contributed by atoms with Crippen LogP contribution in [0.3, 0.4) is 0 Å². The average molecular weight is 275 g/mol. The molecule has 1 aromatic rings. The average Bonchev–Trinajstić information content (AvgIpc) is 2.47. The Morgan fingerprint density at radius 1 is 1.10 bits per heavy atom. The normalized spacial score (nSPS) is 26.6. The summed E-state index contributed by atoms with van der Waals surface area (Å²) in [6.07, 6.45) is 3.99. The highest BCUT2D eigenvalue weighted by molar-refractivity contribution is 5.26. The van der Waals surface area contributed by atoms with Gasteiger partial charge in [-0.3, -0.25) is 0 Å². The molecular weight excluding hydrogens is 246 g/mol. The van der Waals surface area contributed by atoms with Gasteiger partial charge in [0.05, 0.1) is 6.61 Å². The van der Waals surface area contributed by atoms with E-state index in [0.29, 0.717) is 6.04 Å². The van der Waals surface area contributed by atoms with E-state index in [-0.39, 0.29) is 0 Å². The van der Waals surface area contributed by atoms with Gasteiger partial charge in [0.1, 0.15) is 0 Å². The topological polar surface area (TPSA) is 21.3 Å². The Labute approximate surface area is 123 Å². The maximum atomic E-state index is 5.56. The number of ether oxygens (including phenoxy) is 1. The van der Waals surface area contributed by atoms with Gasteiger partial charge in [0, 0.05) is 19.2 Å². The molecule has 2 rings (SSSR count). The second-order valence-corrected chi connectivity index (χ2v) is 6.25. The van der Waals surface area contributed by atoms with Crippen LogP contribution < -0.4 is 5.32 Å². The van der Waals surface area contributed by atoms with Gasteiger partial charge in [-0.15, -0.1) is 0 Å². The summed E-state index contributed by atoms with van der Waals surface area (Å²) in [7, 11) is 0. The first-order valence-electron chi connectivity index (χ1n) is 8.08. The van der Waals surface area contributed by atoms with Crippen molar-refractivity contribution in [3.63, 3.8) is 0 Å². The molecule has 20 heavy (non-hydrogen) atoms. The second kappa shape index (κ2) is 7.80. The highest BCUT2D eigenvalue weighted by Gasteiger charge is 2.24. The molecule has 1 N–H and O–H groups in total. The summed E-state index contributed by atoms with van der Waals surface area (Å²) in [4.78, 5) is 0. The van der Waals surface area contributed by atoms with Crippen molar-refractivity contribution in [3.8, 4) is 0 Å². The van der Waals surface area contributed by atoms with E-state index in [0.717, 1.165) is 31.6 Å². The molecule has 1 aliphatic rings. The van der Waals surface area contributed by atoms with Crippen LogP contribution in [-0.4, -0.2) is 12.6 Å². The van der Waals surface area contributed by atoms with E-state index in [1.54, 1.807) is 0 Å². The summed E-state index contributed by atoms with van der Waals surface area (Å²) in [5.74, 6) is 1.73. The van der Waals surface area contributed by atoms with E-state index in [1.807, 2.05) is 6.92 Å². The van der Waals surface area contributed by atoms with E-state index in [2.05, 4.69) is 43.4 Å². The number of hydrogen-bond donors (Lipinski definition) is 1. The standard InChI is InChI=1S/C18H29NO/c1-4-20-13-17-8-6-5-7-16(17)12-19-18-10-9-14(2)15(3)11-18/h5-8,14-15,18-19H,4,9-13H2,1-3H3. The SMILES string of the molecule is CCOCc1ccccc1CNC1CCC(C)C(C)C1. The maximum absolute atomic E-state index is 5.56. The van der Waals surface area contributed by atoms with Gasteiger partial charge in [0.25, 0.3) is 0 Å². The Kier molecular flexibility index (Phi) is 6.06. The smallest absolute Gasteiger partial charge is 0.0719 e. The predicted molar refractivity (Wildman–Crippen MR) is 84.6 cm³/mol. The Bertz CT molecular complexity index is 404. The number of nitrogens with one attached hydrogen (secondary N) is 1. The maximum Gasteiger partial charge on any atom is 0.0719 e. The van der Waals surface area contributed by atoms with Crippen LogP contribution in [0.25, 0.3) is 0 Å². The Hall–Kier alpha value is -0.860. The number of benzene rings is 1. The van der Waals surface area contributed by atoms with Crippen molar-refractivity contribution in [1.82, 2.24) is 5.32 Å². The monoisotopic (exact) mass is 275 g/mol. The van der Waals surface area contributed by atoms with E-state index in [4.69, 9.17) is 4.74 Å². The predicted octanol–water partition coefficient (Wildman–Crippen LogP) is 4.14. The zero-order chi connectivity index (χ0) is 14.4. The van der Waals surface area contributed by atoms with Crippen LogP contribution >= 0.6 is 0 Å².